The van der Waals surface area contributed by atoms with Crippen molar-refractivity contribution in [2.75, 3.05) is 18.5 Å². The molecule has 3 rings (SSSR count). The molecule has 0 bridgehead atoms. The van der Waals surface area contributed by atoms with Crippen LogP contribution in [0.15, 0.2) is 42.5 Å². The summed E-state index contributed by atoms with van der Waals surface area (Å²) >= 11 is 9.60. The number of halogens is 2. The molecule has 1 heterocycles. The number of alkyl halides is 1. The van der Waals surface area contributed by atoms with Gasteiger partial charge < -0.3 is 14.2 Å². The smallest absolute Gasteiger partial charge is 0.254 e. The van der Waals surface area contributed by atoms with Crippen molar-refractivity contribution in [3.8, 4) is 5.75 Å². The van der Waals surface area contributed by atoms with Crippen molar-refractivity contribution in [2.45, 2.75) is 40.3 Å². The lowest BCUT2D eigenvalue weighted by molar-refractivity contribution is 0.0715. The van der Waals surface area contributed by atoms with Gasteiger partial charge in [-0.1, -0.05) is 54.4 Å². The average molecular weight is 507 g/mol. The van der Waals surface area contributed by atoms with E-state index in [1.165, 1.54) is 0 Å². The Morgan fingerprint density at radius 3 is 2.77 bits per heavy atom. The summed E-state index contributed by atoms with van der Waals surface area (Å²) < 4.78 is 7.86. The third kappa shape index (κ3) is 6.01. The highest BCUT2D eigenvalue weighted by Crippen LogP contribution is 2.23. The minimum absolute atomic E-state index is 0.0221. The molecule has 0 fully saturated rings. The van der Waals surface area contributed by atoms with E-state index in [-0.39, 0.29) is 5.91 Å². The van der Waals surface area contributed by atoms with E-state index in [1.807, 2.05) is 47.4 Å². The van der Waals surface area contributed by atoms with Gasteiger partial charge in [0.15, 0.2) is 0 Å². The van der Waals surface area contributed by atoms with E-state index in [1.54, 1.807) is 0 Å². The lowest BCUT2D eigenvalue weighted by Crippen LogP contribution is -2.34. The molecule has 1 aromatic heterocycles. The van der Waals surface area contributed by atoms with Gasteiger partial charge in [-0.2, -0.15) is 0 Å². The van der Waals surface area contributed by atoms with Gasteiger partial charge in [-0.15, -0.1) is 0 Å². The molecule has 0 aliphatic heterocycles. The first kappa shape index (κ1) is 23.6. The summed E-state index contributed by atoms with van der Waals surface area (Å²) in [4.78, 5) is 20.2. The monoisotopic (exact) mass is 505 g/mol. The second kappa shape index (κ2) is 11.0. The molecular formula is C24H29BrClN3O2. The summed E-state index contributed by atoms with van der Waals surface area (Å²) in [6.45, 7) is 8.82. The normalized spacial score (nSPS) is 11.3. The maximum Gasteiger partial charge on any atom is 0.254 e. The molecule has 0 spiro atoms. The highest BCUT2D eigenvalue weighted by Gasteiger charge is 2.21. The van der Waals surface area contributed by atoms with Crippen molar-refractivity contribution in [1.29, 1.82) is 0 Å². The SMILES string of the molecule is CCCn1c(CN(CC(C)C)C(=O)c2cccc(OCCBr)c2)nc2ccc(Cl)cc21. The first-order valence-electron chi connectivity index (χ1n) is 10.7. The Balaban J connectivity index is 1.93. The summed E-state index contributed by atoms with van der Waals surface area (Å²) in [6, 6.07) is 13.1. The molecule has 3 aromatic rings. The van der Waals surface area contributed by atoms with Crippen LogP contribution in [0.5, 0.6) is 5.75 Å². The summed E-state index contributed by atoms with van der Waals surface area (Å²) in [6.07, 6.45) is 0.968. The van der Waals surface area contributed by atoms with E-state index in [4.69, 9.17) is 21.3 Å². The lowest BCUT2D eigenvalue weighted by atomic mass is 10.1. The fourth-order valence-corrected chi connectivity index (χ4v) is 3.96. The number of benzene rings is 2. The van der Waals surface area contributed by atoms with Crippen molar-refractivity contribution in [2.24, 2.45) is 5.92 Å². The van der Waals surface area contributed by atoms with Crippen LogP contribution in [0.4, 0.5) is 0 Å². The molecule has 0 unspecified atom stereocenters. The molecule has 0 saturated carbocycles. The lowest BCUT2D eigenvalue weighted by Gasteiger charge is -2.25. The Hall–Kier alpha value is -2.05. The Morgan fingerprint density at radius 2 is 2.06 bits per heavy atom. The van der Waals surface area contributed by atoms with Crippen LogP contribution in [-0.4, -0.2) is 38.8 Å². The number of ether oxygens (including phenoxy) is 1. The van der Waals surface area contributed by atoms with Crippen LogP contribution in [0, 0.1) is 5.92 Å². The molecule has 166 valence electrons. The van der Waals surface area contributed by atoms with Crippen molar-refractivity contribution in [1.82, 2.24) is 14.5 Å². The van der Waals surface area contributed by atoms with Crippen LogP contribution >= 0.6 is 27.5 Å². The molecule has 0 saturated heterocycles. The number of imidazole rings is 1. The number of carbonyl (C=O) groups is 1. The van der Waals surface area contributed by atoms with Gasteiger partial charge >= 0.3 is 0 Å². The zero-order valence-electron chi connectivity index (χ0n) is 18.3. The van der Waals surface area contributed by atoms with Gasteiger partial charge in [0.2, 0.25) is 0 Å². The van der Waals surface area contributed by atoms with Gasteiger partial charge in [0.1, 0.15) is 11.6 Å². The highest BCUT2D eigenvalue weighted by molar-refractivity contribution is 9.09. The standard InChI is InChI=1S/C24H29BrClN3O2/c1-4-11-29-22-14-19(26)8-9-21(22)27-23(29)16-28(15-17(2)3)24(30)18-6-5-7-20(13-18)31-12-10-25/h5-9,13-14,17H,4,10-12,15-16H2,1-3H3. The molecule has 31 heavy (non-hydrogen) atoms. The van der Waals surface area contributed by atoms with Crippen LogP contribution in [0.3, 0.4) is 0 Å². The molecule has 0 radical (unpaired) electrons. The number of fused-ring (bicyclic) bond motifs is 1. The average Bonchev–Trinajstić information content (AvgIpc) is 3.08. The summed E-state index contributed by atoms with van der Waals surface area (Å²) in [7, 11) is 0. The van der Waals surface area contributed by atoms with E-state index in [9.17, 15) is 4.79 Å². The fourth-order valence-electron chi connectivity index (χ4n) is 3.63. The van der Waals surface area contributed by atoms with Crippen molar-refractivity contribution in [3.63, 3.8) is 0 Å². The summed E-state index contributed by atoms with van der Waals surface area (Å²) in [5.41, 5.74) is 2.52. The molecule has 7 heteroatoms. The highest BCUT2D eigenvalue weighted by atomic mass is 79.9. The number of nitrogens with zero attached hydrogens (tertiary/aromatic N) is 3. The molecular weight excluding hydrogens is 478 g/mol. The number of hydrogen-bond acceptors (Lipinski definition) is 3. The van der Waals surface area contributed by atoms with Crippen LogP contribution in [0.2, 0.25) is 5.02 Å². The molecule has 1 amide bonds. The number of rotatable bonds is 10. The molecule has 5 nitrogen and oxygen atoms in total. The molecule has 0 N–H and O–H groups in total. The largest absolute Gasteiger partial charge is 0.493 e. The number of aromatic nitrogens is 2. The van der Waals surface area contributed by atoms with Crippen LogP contribution in [0.1, 0.15) is 43.4 Å². The number of hydrogen-bond donors (Lipinski definition) is 0. The zero-order valence-corrected chi connectivity index (χ0v) is 20.6. The van der Waals surface area contributed by atoms with Crippen molar-refractivity contribution in [3.05, 3.63) is 58.9 Å². The number of carbonyl (C=O) groups excluding carboxylic acids is 1. The van der Waals surface area contributed by atoms with Gasteiger partial charge in [0.25, 0.3) is 5.91 Å². The molecule has 0 aliphatic carbocycles. The van der Waals surface area contributed by atoms with Crippen LogP contribution < -0.4 is 4.74 Å². The number of amides is 1. The van der Waals surface area contributed by atoms with Crippen molar-refractivity contribution >= 4 is 44.5 Å². The summed E-state index contributed by atoms with van der Waals surface area (Å²) in [5.74, 6) is 1.88. The Kier molecular flexibility index (Phi) is 8.38. The van der Waals surface area contributed by atoms with E-state index >= 15 is 0 Å². The van der Waals surface area contributed by atoms with Gasteiger partial charge in [0.05, 0.1) is 24.2 Å². The topological polar surface area (TPSA) is 47.4 Å². The fraction of sp³-hybridized carbons (Fsp3) is 0.417. The van der Waals surface area contributed by atoms with Gasteiger partial charge in [-0.25, -0.2) is 4.98 Å². The van der Waals surface area contributed by atoms with E-state index in [2.05, 4.69) is 41.3 Å². The van der Waals surface area contributed by atoms with E-state index in [0.29, 0.717) is 41.9 Å². The van der Waals surface area contributed by atoms with E-state index in [0.717, 1.165) is 35.2 Å². The first-order chi connectivity index (χ1) is 14.9. The van der Waals surface area contributed by atoms with E-state index < -0.39 is 0 Å². The second-order valence-corrected chi connectivity index (χ2v) is 9.19. The minimum Gasteiger partial charge on any atom is -0.493 e. The first-order valence-corrected chi connectivity index (χ1v) is 12.2. The van der Waals surface area contributed by atoms with Crippen LogP contribution in [-0.2, 0) is 13.1 Å². The predicted octanol–water partition coefficient (Wildman–Crippen LogP) is 6.17. The van der Waals surface area contributed by atoms with Crippen molar-refractivity contribution < 1.29 is 9.53 Å². The third-order valence-corrected chi connectivity index (χ3v) is 5.43. The van der Waals surface area contributed by atoms with Crippen LogP contribution in [0.25, 0.3) is 11.0 Å². The Labute approximate surface area is 197 Å². The summed E-state index contributed by atoms with van der Waals surface area (Å²) in [5, 5.41) is 1.43. The Morgan fingerprint density at radius 1 is 1.26 bits per heavy atom. The quantitative estimate of drug-likeness (QED) is 0.309. The number of aryl methyl sites for hydroxylation is 1. The van der Waals surface area contributed by atoms with Gasteiger partial charge in [-0.3, -0.25) is 4.79 Å². The predicted molar refractivity (Wildman–Crippen MR) is 130 cm³/mol. The minimum atomic E-state index is -0.0221. The Bertz CT molecular complexity index is 1030. The van der Waals surface area contributed by atoms with Gasteiger partial charge in [0, 0.05) is 29.0 Å². The molecule has 0 aliphatic rings. The molecule has 2 aromatic carbocycles. The third-order valence-electron chi connectivity index (χ3n) is 4.87. The maximum absolute atomic E-state index is 13.5. The maximum atomic E-state index is 13.5. The second-order valence-electron chi connectivity index (χ2n) is 7.96. The zero-order chi connectivity index (χ0) is 22.4. The van der Waals surface area contributed by atoms with Gasteiger partial charge in [-0.05, 0) is 48.7 Å². The molecule has 0 atom stereocenters.